The Bertz CT molecular complexity index is 715. The van der Waals surface area contributed by atoms with E-state index in [-0.39, 0.29) is 5.59 Å². The zero-order chi connectivity index (χ0) is 16.0. The first-order chi connectivity index (χ1) is 10.5. The van der Waals surface area contributed by atoms with E-state index in [1.165, 1.54) is 0 Å². The van der Waals surface area contributed by atoms with Crippen molar-refractivity contribution in [2.75, 3.05) is 0 Å². The molecule has 112 valence electrons. The molecule has 4 heteroatoms. The second-order valence-corrected chi connectivity index (χ2v) is 9.48. The zero-order valence-electron chi connectivity index (χ0n) is 13.1. The van der Waals surface area contributed by atoms with Gasteiger partial charge >= 0.3 is 0 Å². The van der Waals surface area contributed by atoms with Gasteiger partial charge in [-0.3, -0.25) is 9.78 Å². The van der Waals surface area contributed by atoms with Crippen molar-refractivity contribution in [1.29, 1.82) is 0 Å². The van der Waals surface area contributed by atoms with Crippen molar-refractivity contribution in [3.8, 4) is 11.5 Å². The summed E-state index contributed by atoms with van der Waals surface area (Å²) in [5.74, 6) is 3.08. The fraction of sp³-hybridized carbons (Fsp3) is 0.222. The molecule has 3 nitrogen and oxygen atoms in total. The van der Waals surface area contributed by atoms with Gasteiger partial charge in [-0.25, -0.2) is 0 Å². The maximum atomic E-state index is 12.3. The second-order valence-electron chi connectivity index (χ2n) is 5.57. The summed E-state index contributed by atoms with van der Waals surface area (Å²) in [7, 11) is -2.42. The minimum atomic E-state index is -2.42. The predicted octanol–water partition coefficient (Wildman–Crippen LogP) is 3.91. The van der Waals surface area contributed by atoms with Crippen LogP contribution in [0.4, 0.5) is 4.79 Å². The highest BCUT2D eigenvalue weighted by atomic mass is 28.3. The number of hydrogen-bond donors (Lipinski definition) is 0. The first kappa shape index (κ1) is 16.0. The van der Waals surface area contributed by atoms with Crippen LogP contribution in [0.3, 0.4) is 0 Å². The standard InChI is InChI=1S/C18H19NO2Si/c1-15-17(10-7-12-19-15)11-13-22(2,3)18(20)21-14-16-8-5-4-6-9-16/h4-10,12H,14H2,1-3H3. The van der Waals surface area contributed by atoms with Gasteiger partial charge in [-0.2, -0.15) is 0 Å². The van der Waals surface area contributed by atoms with Crippen LogP contribution in [-0.2, 0) is 11.3 Å². The summed E-state index contributed by atoms with van der Waals surface area (Å²) in [5.41, 5.74) is 5.65. The van der Waals surface area contributed by atoms with Crippen LogP contribution in [0, 0.1) is 18.4 Å². The molecule has 0 aliphatic heterocycles. The largest absolute Gasteiger partial charge is 0.464 e. The van der Waals surface area contributed by atoms with Crippen LogP contribution >= 0.6 is 0 Å². The Morgan fingerprint density at radius 1 is 1.18 bits per heavy atom. The fourth-order valence-electron chi connectivity index (χ4n) is 1.79. The fourth-order valence-corrected chi connectivity index (χ4v) is 2.78. The summed E-state index contributed by atoms with van der Waals surface area (Å²) >= 11 is 0. The average molecular weight is 309 g/mol. The number of ether oxygens (including phenoxy) is 1. The molecule has 1 aromatic carbocycles. The van der Waals surface area contributed by atoms with Gasteiger partial charge in [0.2, 0.25) is 0 Å². The van der Waals surface area contributed by atoms with Crippen LogP contribution in [0.1, 0.15) is 16.8 Å². The van der Waals surface area contributed by atoms with Crippen molar-refractivity contribution in [3.05, 3.63) is 65.5 Å². The Morgan fingerprint density at radius 3 is 2.59 bits per heavy atom. The van der Waals surface area contributed by atoms with E-state index in [4.69, 9.17) is 4.74 Å². The molecule has 1 heterocycles. The first-order valence-corrected chi connectivity index (χ1v) is 10.1. The topological polar surface area (TPSA) is 39.2 Å². The van der Waals surface area contributed by atoms with Crippen LogP contribution in [0.25, 0.3) is 0 Å². The number of rotatable bonds is 3. The zero-order valence-corrected chi connectivity index (χ0v) is 14.1. The van der Waals surface area contributed by atoms with Gasteiger partial charge in [0.05, 0.1) is 5.69 Å². The van der Waals surface area contributed by atoms with E-state index in [1.807, 2.05) is 62.5 Å². The van der Waals surface area contributed by atoms with Crippen molar-refractivity contribution < 1.29 is 9.53 Å². The molecule has 0 N–H and O–H groups in total. The quantitative estimate of drug-likeness (QED) is 0.637. The van der Waals surface area contributed by atoms with Crippen LogP contribution in [0.2, 0.25) is 13.1 Å². The average Bonchev–Trinajstić information content (AvgIpc) is 2.53. The lowest BCUT2D eigenvalue weighted by atomic mass is 10.2. The van der Waals surface area contributed by atoms with Crippen molar-refractivity contribution in [2.24, 2.45) is 0 Å². The number of carbonyl (C=O) groups is 1. The number of aromatic nitrogens is 1. The van der Waals surface area contributed by atoms with Crippen molar-refractivity contribution in [3.63, 3.8) is 0 Å². The van der Waals surface area contributed by atoms with Crippen molar-refractivity contribution in [2.45, 2.75) is 26.6 Å². The van der Waals surface area contributed by atoms with Crippen LogP contribution in [-0.4, -0.2) is 18.7 Å². The van der Waals surface area contributed by atoms with Gasteiger partial charge in [0.15, 0.2) is 0 Å². The number of aryl methyl sites for hydroxylation is 1. The van der Waals surface area contributed by atoms with E-state index in [2.05, 4.69) is 16.4 Å². The number of pyridine rings is 1. The third kappa shape index (κ3) is 4.30. The number of carbonyl (C=O) groups excluding carboxylic acids is 1. The Kier molecular flexibility index (Phi) is 5.13. The highest BCUT2D eigenvalue weighted by molar-refractivity contribution is 7.08. The van der Waals surface area contributed by atoms with Gasteiger partial charge in [-0.05, 0) is 37.7 Å². The van der Waals surface area contributed by atoms with Crippen LogP contribution in [0.5, 0.6) is 0 Å². The normalized spacial score (nSPS) is 10.5. The van der Waals surface area contributed by atoms with Gasteiger partial charge in [-0.15, -0.1) is 5.54 Å². The molecular weight excluding hydrogens is 290 g/mol. The monoisotopic (exact) mass is 309 g/mol. The summed E-state index contributed by atoms with van der Waals surface area (Å²) < 4.78 is 5.42. The smallest absolute Gasteiger partial charge is 0.286 e. The lowest BCUT2D eigenvalue weighted by Crippen LogP contribution is -2.36. The molecule has 22 heavy (non-hydrogen) atoms. The van der Waals surface area contributed by atoms with E-state index in [9.17, 15) is 4.79 Å². The third-order valence-electron chi connectivity index (χ3n) is 3.24. The second kappa shape index (κ2) is 7.06. The molecular formula is C18H19NO2Si. The van der Waals surface area contributed by atoms with E-state index in [1.54, 1.807) is 6.20 Å². The van der Waals surface area contributed by atoms with E-state index < -0.39 is 8.07 Å². The van der Waals surface area contributed by atoms with Crippen LogP contribution in [0.15, 0.2) is 48.7 Å². The SMILES string of the molecule is Cc1ncccc1C#C[Si](C)(C)C(=O)OCc1ccccc1. The van der Waals surface area contributed by atoms with E-state index in [0.29, 0.717) is 6.61 Å². The molecule has 0 atom stereocenters. The summed E-state index contributed by atoms with van der Waals surface area (Å²) in [6, 6.07) is 13.4. The molecule has 0 spiro atoms. The summed E-state index contributed by atoms with van der Waals surface area (Å²) in [5, 5.41) is 0. The number of hydrogen-bond acceptors (Lipinski definition) is 3. The summed E-state index contributed by atoms with van der Waals surface area (Å²) in [6.45, 7) is 6.01. The Labute approximate surface area is 132 Å². The van der Waals surface area contributed by atoms with Crippen molar-refractivity contribution in [1.82, 2.24) is 4.98 Å². The van der Waals surface area contributed by atoms with Gasteiger partial charge in [0.1, 0.15) is 6.61 Å². The molecule has 0 amide bonds. The Hall–Kier alpha value is -2.38. The first-order valence-electron chi connectivity index (χ1n) is 7.15. The maximum absolute atomic E-state index is 12.3. The molecule has 0 unspecified atom stereocenters. The maximum Gasteiger partial charge on any atom is 0.286 e. The van der Waals surface area contributed by atoms with Gasteiger partial charge in [-0.1, -0.05) is 36.3 Å². The molecule has 1 aromatic heterocycles. The molecule has 0 radical (unpaired) electrons. The summed E-state index contributed by atoms with van der Waals surface area (Å²) in [4.78, 5) is 16.5. The van der Waals surface area contributed by atoms with E-state index in [0.717, 1.165) is 16.8 Å². The molecule has 2 rings (SSSR count). The minimum absolute atomic E-state index is 0.189. The lowest BCUT2D eigenvalue weighted by molar-refractivity contribution is 0.164. The van der Waals surface area contributed by atoms with Crippen molar-refractivity contribution >= 4 is 13.7 Å². The molecule has 0 saturated carbocycles. The van der Waals surface area contributed by atoms with Crippen LogP contribution < -0.4 is 0 Å². The highest BCUT2D eigenvalue weighted by Crippen LogP contribution is 2.10. The Balaban J connectivity index is 2.04. The highest BCUT2D eigenvalue weighted by Gasteiger charge is 2.31. The minimum Gasteiger partial charge on any atom is -0.464 e. The molecule has 0 saturated heterocycles. The Morgan fingerprint density at radius 2 is 1.91 bits per heavy atom. The van der Waals surface area contributed by atoms with E-state index >= 15 is 0 Å². The van der Waals surface area contributed by atoms with Gasteiger partial charge in [0.25, 0.3) is 13.7 Å². The molecule has 0 aliphatic carbocycles. The molecule has 0 fully saturated rings. The number of nitrogens with zero attached hydrogens (tertiary/aromatic N) is 1. The molecule has 0 bridgehead atoms. The number of benzene rings is 1. The molecule has 0 aliphatic rings. The lowest BCUT2D eigenvalue weighted by Gasteiger charge is -2.13. The third-order valence-corrected chi connectivity index (χ3v) is 5.15. The van der Waals surface area contributed by atoms with Gasteiger partial charge < -0.3 is 4.74 Å². The predicted molar refractivity (Wildman–Crippen MR) is 90.0 cm³/mol. The molecule has 2 aromatic rings. The summed E-state index contributed by atoms with van der Waals surface area (Å²) in [6.07, 6.45) is 1.73. The van der Waals surface area contributed by atoms with Gasteiger partial charge in [0, 0.05) is 11.8 Å².